The third-order valence-corrected chi connectivity index (χ3v) is 4.46. The first-order valence-corrected chi connectivity index (χ1v) is 7.41. The molecule has 1 saturated heterocycles. The fourth-order valence-corrected chi connectivity index (χ4v) is 2.87. The first kappa shape index (κ1) is 14.8. The Kier molecular flexibility index (Phi) is 6.92. The zero-order chi connectivity index (χ0) is 12.7. The molecule has 0 aromatic carbocycles. The molecular formula is C12H24N2O2S. The van der Waals surface area contributed by atoms with Crippen LogP contribution in [0.4, 0.5) is 0 Å². The summed E-state index contributed by atoms with van der Waals surface area (Å²) in [6, 6.07) is -0.115. The summed E-state index contributed by atoms with van der Waals surface area (Å²) in [6.07, 6.45) is 2.29. The number of piperidine rings is 1. The molecule has 100 valence electrons. The predicted molar refractivity (Wildman–Crippen MR) is 72.2 cm³/mol. The van der Waals surface area contributed by atoms with Gasteiger partial charge in [-0.05, 0) is 31.8 Å². The molecule has 1 aliphatic heterocycles. The van der Waals surface area contributed by atoms with Gasteiger partial charge in [-0.1, -0.05) is 13.8 Å². The van der Waals surface area contributed by atoms with Gasteiger partial charge in [0.05, 0.1) is 18.4 Å². The average Bonchev–Trinajstić information content (AvgIpc) is 2.34. The molecule has 0 aromatic heterocycles. The van der Waals surface area contributed by atoms with Crippen molar-refractivity contribution in [3.63, 3.8) is 0 Å². The van der Waals surface area contributed by atoms with Crippen LogP contribution in [0.25, 0.3) is 0 Å². The minimum atomic E-state index is -0.115. The number of aliphatic hydroxyl groups is 1. The van der Waals surface area contributed by atoms with E-state index in [9.17, 15) is 4.79 Å². The first-order valence-electron chi connectivity index (χ1n) is 6.36. The van der Waals surface area contributed by atoms with Crippen LogP contribution >= 0.6 is 11.8 Å². The highest BCUT2D eigenvalue weighted by molar-refractivity contribution is 8.00. The maximum atomic E-state index is 11.7. The Morgan fingerprint density at radius 1 is 1.47 bits per heavy atom. The van der Waals surface area contributed by atoms with Crippen molar-refractivity contribution in [2.45, 2.75) is 38.0 Å². The Hall–Kier alpha value is -0.260. The fraction of sp³-hybridized carbons (Fsp3) is 0.917. The van der Waals surface area contributed by atoms with E-state index in [0.717, 1.165) is 25.9 Å². The standard InChI is InChI=1S/C12H24N2O2S/c1-9(2)11(7-15)14-12(16)8-17-10-3-5-13-6-4-10/h9-11,13,15H,3-8H2,1-2H3,(H,14,16)/t11-/m1/s1. The molecule has 1 aliphatic rings. The summed E-state index contributed by atoms with van der Waals surface area (Å²) in [5.74, 6) is 0.822. The Balaban J connectivity index is 2.19. The topological polar surface area (TPSA) is 61.4 Å². The number of hydrogen-bond acceptors (Lipinski definition) is 4. The first-order chi connectivity index (χ1) is 8.13. The molecule has 1 fully saturated rings. The molecule has 1 atom stereocenters. The van der Waals surface area contributed by atoms with E-state index in [4.69, 9.17) is 5.11 Å². The highest BCUT2D eigenvalue weighted by atomic mass is 32.2. The predicted octanol–water partition coefficient (Wildman–Crippen LogP) is 0.605. The smallest absolute Gasteiger partial charge is 0.230 e. The van der Waals surface area contributed by atoms with Gasteiger partial charge in [0, 0.05) is 5.25 Å². The van der Waals surface area contributed by atoms with E-state index in [0.29, 0.717) is 11.0 Å². The van der Waals surface area contributed by atoms with Crippen LogP contribution in [0.2, 0.25) is 0 Å². The largest absolute Gasteiger partial charge is 0.394 e. The van der Waals surface area contributed by atoms with Crippen molar-refractivity contribution < 1.29 is 9.90 Å². The number of nitrogens with one attached hydrogen (secondary N) is 2. The zero-order valence-electron chi connectivity index (χ0n) is 10.7. The lowest BCUT2D eigenvalue weighted by Crippen LogP contribution is -2.42. The van der Waals surface area contributed by atoms with Crippen LogP contribution in [0.3, 0.4) is 0 Å². The Bertz CT molecular complexity index is 231. The summed E-state index contributed by atoms with van der Waals surface area (Å²) < 4.78 is 0. The van der Waals surface area contributed by atoms with Crippen LogP contribution in [0.15, 0.2) is 0 Å². The molecule has 0 unspecified atom stereocenters. The van der Waals surface area contributed by atoms with Crippen molar-refractivity contribution in [1.29, 1.82) is 0 Å². The van der Waals surface area contributed by atoms with Crippen molar-refractivity contribution in [2.75, 3.05) is 25.4 Å². The van der Waals surface area contributed by atoms with Crippen molar-refractivity contribution in [3.05, 3.63) is 0 Å². The van der Waals surface area contributed by atoms with Gasteiger partial charge in [-0.3, -0.25) is 4.79 Å². The van der Waals surface area contributed by atoms with E-state index < -0.39 is 0 Å². The van der Waals surface area contributed by atoms with Crippen LogP contribution in [0.1, 0.15) is 26.7 Å². The van der Waals surface area contributed by atoms with Crippen molar-refractivity contribution in [3.8, 4) is 0 Å². The fourth-order valence-electron chi connectivity index (χ4n) is 1.83. The molecule has 0 aromatic rings. The molecule has 0 saturated carbocycles. The summed E-state index contributed by atoms with van der Waals surface area (Å²) in [4.78, 5) is 11.7. The van der Waals surface area contributed by atoms with Gasteiger partial charge in [0.25, 0.3) is 0 Å². The molecule has 4 nitrogen and oxygen atoms in total. The number of thioether (sulfide) groups is 1. The van der Waals surface area contributed by atoms with Crippen LogP contribution in [0, 0.1) is 5.92 Å². The second-order valence-corrected chi connectivity index (χ2v) is 6.15. The quantitative estimate of drug-likeness (QED) is 0.655. The Morgan fingerprint density at radius 3 is 2.65 bits per heavy atom. The zero-order valence-corrected chi connectivity index (χ0v) is 11.6. The Morgan fingerprint density at radius 2 is 2.12 bits per heavy atom. The molecule has 1 amide bonds. The van der Waals surface area contributed by atoms with Gasteiger partial charge in [0.1, 0.15) is 0 Å². The van der Waals surface area contributed by atoms with Crippen molar-refractivity contribution in [1.82, 2.24) is 10.6 Å². The summed E-state index contributed by atoms with van der Waals surface area (Å²) in [5, 5.41) is 15.9. The lowest BCUT2D eigenvalue weighted by atomic mass is 10.1. The number of hydrogen-bond donors (Lipinski definition) is 3. The average molecular weight is 260 g/mol. The van der Waals surface area contributed by atoms with Crippen LogP contribution in [-0.2, 0) is 4.79 Å². The normalized spacial score (nSPS) is 19.3. The molecule has 1 rings (SSSR count). The summed E-state index contributed by atoms with van der Waals surface area (Å²) in [6.45, 7) is 6.14. The van der Waals surface area contributed by atoms with E-state index in [1.54, 1.807) is 11.8 Å². The molecule has 17 heavy (non-hydrogen) atoms. The van der Waals surface area contributed by atoms with Gasteiger partial charge >= 0.3 is 0 Å². The van der Waals surface area contributed by atoms with Gasteiger partial charge in [-0.15, -0.1) is 11.8 Å². The van der Waals surface area contributed by atoms with Gasteiger partial charge in [0.15, 0.2) is 0 Å². The molecule has 0 bridgehead atoms. The van der Waals surface area contributed by atoms with E-state index in [1.165, 1.54) is 0 Å². The molecular weight excluding hydrogens is 236 g/mol. The van der Waals surface area contributed by atoms with Crippen molar-refractivity contribution in [2.24, 2.45) is 5.92 Å². The number of rotatable bonds is 6. The number of carbonyl (C=O) groups excluding carboxylic acids is 1. The monoisotopic (exact) mass is 260 g/mol. The third-order valence-electron chi connectivity index (χ3n) is 3.08. The van der Waals surface area contributed by atoms with Gasteiger partial charge in [0.2, 0.25) is 5.91 Å². The molecule has 1 heterocycles. The van der Waals surface area contributed by atoms with Crippen LogP contribution in [0.5, 0.6) is 0 Å². The van der Waals surface area contributed by atoms with Crippen LogP contribution < -0.4 is 10.6 Å². The van der Waals surface area contributed by atoms with E-state index in [-0.39, 0.29) is 24.5 Å². The molecule has 5 heteroatoms. The lowest BCUT2D eigenvalue weighted by Gasteiger charge is -2.23. The SMILES string of the molecule is CC(C)[C@@H](CO)NC(=O)CSC1CCNCC1. The second-order valence-electron chi connectivity index (χ2n) is 4.86. The molecule has 0 radical (unpaired) electrons. The van der Waals surface area contributed by atoms with Gasteiger partial charge in [-0.2, -0.15) is 0 Å². The van der Waals surface area contributed by atoms with Crippen LogP contribution in [-0.4, -0.2) is 47.8 Å². The number of carbonyl (C=O) groups is 1. The maximum absolute atomic E-state index is 11.7. The van der Waals surface area contributed by atoms with E-state index in [1.807, 2.05) is 13.8 Å². The summed E-state index contributed by atoms with van der Waals surface area (Å²) in [5.41, 5.74) is 0. The molecule has 3 N–H and O–H groups in total. The number of aliphatic hydroxyl groups excluding tert-OH is 1. The summed E-state index contributed by atoms with van der Waals surface area (Å²) in [7, 11) is 0. The summed E-state index contributed by atoms with van der Waals surface area (Å²) >= 11 is 1.74. The molecule has 0 spiro atoms. The lowest BCUT2D eigenvalue weighted by molar-refractivity contribution is -0.119. The highest BCUT2D eigenvalue weighted by Crippen LogP contribution is 2.19. The molecule has 0 aliphatic carbocycles. The van der Waals surface area contributed by atoms with Crippen molar-refractivity contribution >= 4 is 17.7 Å². The number of amides is 1. The maximum Gasteiger partial charge on any atom is 0.230 e. The third kappa shape index (κ3) is 5.75. The minimum absolute atomic E-state index is 0.0153. The van der Waals surface area contributed by atoms with E-state index in [2.05, 4.69) is 10.6 Å². The second kappa shape index (κ2) is 7.95. The van der Waals surface area contributed by atoms with Gasteiger partial charge in [-0.25, -0.2) is 0 Å². The van der Waals surface area contributed by atoms with E-state index >= 15 is 0 Å². The minimum Gasteiger partial charge on any atom is -0.394 e. The highest BCUT2D eigenvalue weighted by Gasteiger charge is 2.18. The Labute approximate surface area is 108 Å². The van der Waals surface area contributed by atoms with Gasteiger partial charge < -0.3 is 15.7 Å².